The largest absolute Gasteiger partial charge is 0.479 e. The van der Waals surface area contributed by atoms with Crippen molar-refractivity contribution in [3.63, 3.8) is 0 Å². The van der Waals surface area contributed by atoms with E-state index in [9.17, 15) is 9.59 Å². The average molecular weight is 559 g/mol. The van der Waals surface area contributed by atoms with Crippen molar-refractivity contribution in [1.29, 1.82) is 0 Å². The molecule has 2 aromatic rings. The van der Waals surface area contributed by atoms with Gasteiger partial charge in [-0.2, -0.15) is 11.8 Å². The minimum absolute atomic E-state index is 0.157. The molecule has 0 aliphatic carbocycles. The smallest absolute Gasteiger partial charge is 0.347 e. The minimum Gasteiger partial charge on any atom is -0.479 e. The number of hydrogen-bond acceptors (Lipinski definition) is 7. The molecule has 0 aliphatic rings. The van der Waals surface area contributed by atoms with Crippen LogP contribution in [0.3, 0.4) is 0 Å². The van der Waals surface area contributed by atoms with Crippen molar-refractivity contribution in [3.05, 3.63) is 60.7 Å². The number of unbranched alkanes of at least 4 members (excludes halogenated alkanes) is 2. The number of esters is 2. The van der Waals surface area contributed by atoms with Crippen LogP contribution in [0.4, 0.5) is 0 Å². The Labute approximate surface area is 239 Å². The summed E-state index contributed by atoms with van der Waals surface area (Å²) in [4.78, 5) is 25.8. The predicted octanol–water partition coefficient (Wildman–Crippen LogP) is 7.64. The molecule has 0 amide bonds. The summed E-state index contributed by atoms with van der Waals surface area (Å²) in [6.07, 6.45) is 5.76. The quantitative estimate of drug-likeness (QED) is 0.155. The van der Waals surface area contributed by atoms with Gasteiger partial charge in [-0.3, -0.25) is 0 Å². The highest BCUT2D eigenvalue weighted by Gasteiger charge is 2.31. The predicted molar refractivity (Wildman–Crippen MR) is 158 cm³/mol. The number of carbonyl (C=O) groups is 2. The highest BCUT2D eigenvalue weighted by Crippen LogP contribution is 2.34. The number of carbonyl (C=O) groups excluding carboxylic acids is 2. The number of rotatable bonds is 20. The molecule has 4 atom stereocenters. The van der Waals surface area contributed by atoms with Gasteiger partial charge >= 0.3 is 11.9 Å². The first kappa shape index (κ1) is 32.5. The van der Waals surface area contributed by atoms with Crippen LogP contribution >= 0.6 is 11.8 Å². The van der Waals surface area contributed by atoms with Gasteiger partial charge in [0.15, 0.2) is 12.2 Å². The van der Waals surface area contributed by atoms with Gasteiger partial charge in [-0.05, 0) is 51.0 Å². The lowest BCUT2D eigenvalue weighted by atomic mass is 10.1. The van der Waals surface area contributed by atoms with Gasteiger partial charge in [0.25, 0.3) is 0 Å². The van der Waals surface area contributed by atoms with E-state index < -0.39 is 12.2 Å². The van der Waals surface area contributed by atoms with E-state index in [0.717, 1.165) is 38.5 Å². The first-order chi connectivity index (χ1) is 19.0. The molecule has 0 spiro atoms. The fraction of sp³-hybridized carbons (Fsp3) is 0.562. The molecule has 2 aromatic carbocycles. The summed E-state index contributed by atoms with van der Waals surface area (Å²) in [5.74, 6) is 0.614. The lowest BCUT2D eigenvalue weighted by Crippen LogP contribution is -2.35. The van der Waals surface area contributed by atoms with E-state index in [1.807, 2.05) is 86.3 Å². The Balaban J connectivity index is 2.24. The third kappa shape index (κ3) is 12.8. The zero-order valence-corrected chi connectivity index (χ0v) is 24.8. The molecule has 0 radical (unpaired) electrons. The third-order valence-electron chi connectivity index (χ3n) is 6.24. The van der Waals surface area contributed by atoms with E-state index in [1.54, 1.807) is 0 Å². The summed E-state index contributed by atoms with van der Waals surface area (Å²) in [5, 5.41) is 0.314. The summed E-state index contributed by atoms with van der Waals surface area (Å²) in [5.41, 5.74) is 0. The van der Waals surface area contributed by atoms with E-state index in [4.69, 9.17) is 18.9 Å². The van der Waals surface area contributed by atoms with Gasteiger partial charge in [0.05, 0.1) is 13.2 Å². The average Bonchev–Trinajstić information content (AvgIpc) is 2.95. The first-order valence-corrected chi connectivity index (χ1v) is 15.4. The Morgan fingerprint density at radius 3 is 1.36 bits per heavy atom. The second kappa shape index (κ2) is 19.4. The molecule has 0 fully saturated rings. The SMILES string of the molecule is CCCCC(CC(Oc1ccccc1)C(=O)OCC)SC(CCCC)CC(Oc1ccccc1)C(=O)OCC. The number of thioether (sulfide) groups is 1. The minimum atomic E-state index is -0.699. The van der Waals surface area contributed by atoms with Gasteiger partial charge in [0.2, 0.25) is 0 Å². The van der Waals surface area contributed by atoms with Crippen LogP contribution in [0.5, 0.6) is 11.5 Å². The molecular formula is C32H46O6S. The molecule has 0 aromatic heterocycles. The molecule has 0 saturated carbocycles. The molecule has 216 valence electrons. The lowest BCUT2D eigenvalue weighted by Gasteiger charge is -2.28. The van der Waals surface area contributed by atoms with Gasteiger partial charge < -0.3 is 18.9 Å². The van der Waals surface area contributed by atoms with Gasteiger partial charge in [-0.15, -0.1) is 0 Å². The highest BCUT2D eigenvalue weighted by molar-refractivity contribution is 8.00. The molecule has 0 bridgehead atoms. The molecule has 2 rings (SSSR count). The summed E-state index contributed by atoms with van der Waals surface area (Å²) in [7, 11) is 0. The standard InChI is InChI=1S/C32H46O6S/c1-5-9-21-27(23-29(31(33)35-7-3)37-25-17-13-11-14-18-25)39-28(22-10-6-2)24-30(32(34)36-8-4)38-26-19-15-12-16-20-26/h11-20,27-30H,5-10,21-24H2,1-4H3. The number of benzene rings is 2. The van der Waals surface area contributed by atoms with Gasteiger partial charge in [-0.25, -0.2) is 9.59 Å². The first-order valence-electron chi connectivity index (χ1n) is 14.4. The topological polar surface area (TPSA) is 71.1 Å². The van der Waals surface area contributed by atoms with Crippen LogP contribution in [0.15, 0.2) is 60.7 Å². The van der Waals surface area contributed by atoms with Crippen LogP contribution in [0.25, 0.3) is 0 Å². The number of hydrogen-bond donors (Lipinski definition) is 0. The molecule has 4 unspecified atom stereocenters. The van der Waals surface area contributed by atoms with E-state index >= 15 is 0 Å². The molecule has 39 heavy (non-hydrogen) atoms. The molecule has 0 saturated heterocycles. The zero-order valence-electron chi connectivity index (χ0n) is 24.0. The van der Waals surface area contributed by atoms with Crippen molar-refractivity contribution in [2.45, 2.75) is 102 Å². The maximum Gasteiger partial charge on any atom is 0.347 e. The summed E-state index contributed by atoms with van der Waals surface area (Å²) in [6.45, 7) is 8.57. The van der Waals surface area contributed by atoms with E-state index in [1.165, 1.54) is 0 Å². The Morgan fingerprint density at radius 2 is 1.03 bits per heavy atom. The summed E-state index contributed by atoms with van der Waals surface area (Å²) in [6, 6.07) is 18.8. The van der Waals surface area contributed by atoms with E-state index in [0.29, 0.717) is 37.6 Å². The van der Waals surface area contributed by atoms with Crippen molar-refractivity contribution in [2.75, 3.05) is 13.2 Å². The van der Waals surface area contributed by atoms with Crippen LogP contribution in [-0.4, -0.2) is 47.9 Å². The lowest BCUT2D eigenvalue weighted by molar-refractivity contribution is -0.152. The number of ether oxygens (including phenoxy) is 4. The Morgan fingerprint density at radius 1 is 0.641 bits per heavy atom. The Kier molecular flexibility index (Phi) is 16.2. The Hall–Kier alpha value is -2.67. The summed E-state index contributed by atoms with van der Waals surface area (Å²) >= 11 is 1.84. The normalized spacial score (nSPS) is 14.1. The van der Waals surface area contributed by atoms with E-state index in [-0.39, 0.29) is 22.4 Å². The van der Waals surface area contributed by atoms with Crippen molar-refractivity contribution in [1.82, 2.24) is 0 Å². The molecule has 0 heterocycles. The van der Waals surface area contributed by atoms with Gasteiger partial charge in [0.1, 0.15) is 11.5 Å². The summed E-state index contributed by atoms with van der Waals surface area (Å²) < 4.78 is 23.1. The fourth-order valence-corrected chi connectivity index (χ4v) is 6.00. The van der Waals surface area contributed by atoms with Gasteiger partial charge in [0, 0.05) is 23.3 Å². The molecular weight excluding hydrogens is 512 g/mol. The molecule has 0 aliphatic heterocycles. The number of para-hydroxylation sites is 2. The van der Waals surface area contributed by atoms with Crippen molar-refractivity contribution in [2.24, 2.45) is 0 Å². The highest BCUT2D eigenvalue weighted by atomic mass is 32.2. The molecule has 0 N–H and O–H groups in total. The molecule has 7 heteroatoms. The zero-order chi connectivity index (χ0) is 28.3. The van der Waals surface area contributed by atoms with Crippen LogP contribution < -0.4 is 9.47 Å². The monoisotopic (exact) mass is 558 g/mol. The van der Waals surface area contributed by atoms with Crippen LogP contribution in [0.2, 0.25) is 0 Å². The van der Waals surface area contributed by atoms with E-state index in [2.05, 4.69) is 13.8 Å². The van der Waals surface area contributed by atoms with Crippen molar-refractivity contribution >= 4 is 23.7 Å². The fourth-order valence-electron chi connectivity index (χ4n) is 4.28. The maximum absolute atomic E-state index is 12.9. The van der Waals surface area contributed by atoms with Gasteiger partial charge in [-0.1, -0.05) is 75.9 Å². The van der Waals surface area contributed by atoms with Crippen LogP contribution in [0, 0.1) is 0 Å². The third-order valence-corrected chi connectivity index (χ3v) is 7.87. The van der Waals surface area contributed by atoms with Crippen molar-refractivity contribution in [3.8, 4) is 11.5 Å². The maximum atomic E-state index is 12.9. The second-order valence-corrected chi connectivity index (χ2v) is 11.1. The Bertz CT molecular complexity index is 847. The van der Waals surface area contributed by atoms with Crippen LogP contribution in [-0.2, 0) is 19.1 Å². The second-order valence-electron chi connectivity index (χ2n) is 9.48. The molecule has 6 nitrogen and oxygen atoms in total. The van der Waals surface area contributed by atoms with Crippen molar-refractivity contribution < 1.29 is 28.5 Å². The van der Waals surface area contributed by atoms with Crippen LogP contribution in [0.1, 0.15) is 79.1 Å².